The molecule has 0 heterocycles. The lowest BCUT2D eigenvalue weighted by Gasteiger charge is -1.97. The Morgan fingerprint density at radius 2 is 0.750 bits per heavy atom. The molecule has 0 rings (SSSR count). The second-order valence-corrected chi connectivity index (χ2v) is 2.70. The quantitative estimate of drug-likeness (QED) is 0.590. The second-order valence-electron chi connectivity index (χ2n) is 2.70. The number of nitrogens with two attached hydrogens (primary N) is 2. The first-order valence-electron chi connectivity index (χ1n) is 4.32. The SMILES string of the molecule is F.F.NCCCCCCCCN. The summed E-state index contributed by atoms with van der Waals surface area (Å²) in [7, 11) is 0. The minimum atomic E-state index is 0. The van der Waals surface area contributed by atoms with E-state index >= 15 is 0 Å². The molecule has 0 aliphatic rings. The Morgan fingerprint density at radius 1 is 0.500 bits per heavy atom. The summed E-state index contributed by atoms with van der Waals surface area (Å²) < 4.78 is 0. The first-order valence-corrected chi connectivity index (χ1v) is 4.32. The van der Waals surface area contributed by atoms with Crippen molar-refractivity contribution < 1.29 is 9.41 Å². The fourth-order valence-electron chi connectivity index (χ4n) is 0.996. The molecule has 4 heteroatoms. The van der Waals surface area contributed by atoms with Gasteiger partial charge < -0.3 is 11.5 Å². The van der Waals surface area contributed by atoms with Gasteiger partial charge >= 0.3 is 0 Å². The molecular weight excluding hydrogens is 162 g/mol. The summed E-state index contributed by atoms with van der Waals surface area (Å²) in [5.74, 6) is 0. The molecule has 0 unspecified atom stereocenters. The molecule has 2 nitrogen and oxygen atoms in total. The molecule has 0 atom stereocenters. The number of halogens is 2. The smallest absolute Gasteiger partial charge is 0.00773 e. The molecule has 0 saturated carbocycles. The zero-order valence-corrected chi connectivity index (χ0v) is 7.63. The molecule has 4 N–H and O–H groups in total. The Bertz CT molecular complexity index is 55.0. The van der Waals surface area contributed by atoms with Crippen LogP contribution in [0.3, 0.4) is 0 Å². The van der Waals surface area contributed by atoms with Crippen molar-refractivity contribution in [1.82, 2.24) is 0 Å². The van der Waals surface area contributed by atoms with Crippen LogP contribution >= 0.6 is 0 Å². The van der Waals surface area contributed by atoms with Crippen LogP contribution in [-0.2, 0) is 0 Å². The minimum absolute atomic E-state index is 0. The van der Waals surface area contributed by atoms with Gasteiger partial charge in [-0.3, -0.25) is 9.41 Å². The van der Waals surface area contributed by atoms with Crippen molar-refractivity contribution in [2.24, 2.45) is 11.5 Å². The van der Waals surface area contributed by atoms with Crippen molar-refractivity contribution in [1.29, 1.82) is 0 Å². The van der Waals surface area contributed by atoms with Crippen LogP contribution in [0.4, 0.5) is 9.41 Å². The molecule has 78 valence electrons. The fourth-order valence-corrected chi connectivity index (χ4v) is 0.996. The van der Waals surface area contributed by atoms with Gasteiger partial charge in [0.2, 0.25) is 0 Å². The lowest BCUT2D eigenvalue weighted by Crippen LogP contribution is -1.99. The topological polar surface area (TPSA) is 52.0 Å². The summed E-state index contributed by atoms with van der Waals surface area (Å²) in [4.78, 5) is 0. The Balaban J connectivity index is -0.000000405. The molecule has 0 aromatic heterocycles. The first-order chi connectivity index (χ1) is 4.91. The van der Waals surface area contributed by atoms with Crippen LogP contribution in [0.1, 0.15) is 38.5 Å². The zero-order chi connectivity index (χ0) is 7.66. The summed E-state index contributed by atoms with van der Waals surface area (Å²) in [5.41, 5.74) is 10.7. The maximum absolute atomic E-state index is 5.35. The number of rotatable bonds is 7. The maximum Gasteiger partial charge on any atom is -0.00773 e. The molecule has 0 aromatic rings. The van der Waals surface area contributed by atoms with Gasteiger partial charge in [-0.25, -0.2) is 0 Å². The Morgan fingerprint density at radius 3 is 1.00 bits per heavy atom. The molecule has 0 aliphatic heterocycles. The lowest BCUT2D eigenvalue weighted by molar-refractivity contribution is 0.601. The predicted octanol–water partition coefficient (Wildman–Crippen LogP) is 1.55. The van der Waals surface area contributed by atoms with Gasteiger partial charge in [-0.05, 0) is 25.9 Å². The van der Waals surface area contributed by atoms with Crippen molar-refractivity contribution in [2.75, 3.05) is 13.1 Å². The molecule has 12 heavy (non-hydrogen) atoms. The van der Waals surface area contributed by atoms with Crippen LogP contribution < -0.4 is 11.5 Å². The summed E-state index contributed by atoms with van der Waals surface area (Å²) in [6, 6.07) is 0. The molecule has 0 aromatic carbocycles. The third kappa shape index (κ3) is 16.4. The Kier molecular flexibility index (Phi) is 25.2. The van der Waals surface area contributed by atoms with Crippen LogP contribution in [0, 0.1) is 0 Å². The summed E-state index contributed by atoms with van der Waals surface area (Å²) >= 11 is 0. The van der Waals surface area contributed by atoms with Gasteiger partial charge in [-0.2, -0.15) is 0 Å². The highest BCUT2D eigenvalue weighted by atomic mass is 19.0. The van der Waals surface area contributed by atoms with Crippen molar-refractivity contribution in [3.8, 4) is 0 Å². The van der Waals surface area contributed by atoms with Crippen molar-refractivity contribution >= 4 is 0 Å². The highest BCUT2D eigenvalue weighted by molar-refractivity contribution is 4.45. The van der Waals surface area contributed by atoms with Crippen molar-refractivity contribution in [2.45, 2.75) is 38.5 Å². The highest BCUT2D eigenvalue weighted by Gasteiger charge is 1.87. The third-order valence-electron chi connectivity index (χ3n) is 1.66. The van der Waals surface area contributed by atoms with Crippen LogP contribution in [0.25, 0.3) is 0 Å². The van der Waals surface area contributed by atoms with Gasteiger partial charge in [0.25, 0.3) is 0 Å². The Labute approximate surface area is 73.4 Å². The average Bonchev–Trinajstić information content (AvgIpc) is 1.97. The number of hydrogen-bond donors (Lipinski definition) is 2. The zero-order valence-electron chi connectivity index (χ0n) is 7.63. The average molecular weight is 184 g/mol. The monoisotopic (exact) mass is 184 g/mol. The molecule has 0 bridgehead atoms. The van der Waals surface area contributed by atoms with E-state index in [1.54, 1.807) is 0 Å². The maximum atomic E-state index is 5.35. The summed E-state index contributed by atoms with van der Waals surface area (Å²) in [6.45, 7) is 1.69. The number of hydrogen-bond acceptors (Lipinski definition) is 2. The van der Waals surface area contributed by atoms with E-state index in [9.17, 15) is 0 Å². The summed E-state index contributed by atoms with van der Waals surface area (Å²) in [6.07, 6.45) is 7.61. The van der Waals surface area contributed by atoms with Crippen LogP contribution in [-0.4, -0.2) is 13.1 Å². The molecule has 0 amide bonds. The van der Waals surface area contributed by atoms with Gasteiger partial charge in [0.1, 0.15) is 0 Å². The van der Waals surface area contributed by atoms with E-state index in [2.05, 4.69) is 0 Å². The lowest BCUT2D eigenvalue weighted by atomic mass is 10.1. The van der Waals surface area contributed by atoms with E-state index in [0.29, 0.717) is 0 Å². The van der Waals surface area contributed by atoms with Gasteiger partial charge in [-0.15, -0.1) is 0 Å². The van der Waals surface area contributed by atoms with Crippen molar-refractivity contribution in [3.05, 3.63) is 0 Å². The fraction of sp³-hybridized carbons (Fsp3) is 1.00. The van der Waals surface area contributed by atoms with E-state index in [1.165, 1.54) is 38.5 Å². The standard InChI is InChI=1S/C8H20N2.2FH/c9-7-5-3-1-2-4-6-8-10;;/h1-10H2;2*1H. The van der Waals surface area contributed by atoms with E-state index in [4.69, 9.17) is 11.5 Å². The molecule has 0 aliphatic carbocycles. The predicted molar refractivity (Wildman–Crippen MR) is 50.8 cm³/mol. The van der Waals surface area contributed by atoms with Gasteiger partial charge in [0.05, 0.1) is 0 Å². The molecular formula is C8H22F2N2. The Hall–Kier alpha value is -0.220. The van der Waals surface area contributed by atoms with E-state index < -0.39 is 0 Å². The van der Waals surface area contributed by atoms with E-state index in [-0.39, 0.29) is 9.41 Å². The number of unbranched alkanes of at least 4 members (excludes halogenated alkanes) is 5. The van der Waals surface area contributed by atoms with Gasteiger partial charge in [0.15, 0.2) is 0 Å². The van der Waals surface area contributed by atoms with E-state index in [0.717, 1.165) is 13.1 Å². The molecule has 0 fully saturated rings. The van der Waals surface area contributed by atoms with Crippen LogP contribution in [0.2, 0.25) is 0 Å². The largest absolute Gasteiger partial charge is 0.330 e. The third-order valence-corrected chi connectivity index (χ3v) is 1.66. The van der Waals surface area contributed by atoms with E-state index in [1.807, 2.05) is 0 Å². The molecule has 0 radical (unpaired) electrons. The van der Waals surface area contributed by atoms with Crippen LogP contribution in [0.5, 0.6) is 0 Å². The van der Waals surface area contributed by atoms with Gasteiger partial charge in [-0.1, -0.05) is 25.7 Å². The first kappa shape index (κ1) is 17.8. The highest BCUT2D eigenvalue weighted by Crippen LogP contribution is 2.03. The summed E-state index contributed by atoms with van der Waals surface area (Å²) in [5, 5.41) is 0. The minimum Gasteiger partial charge on any atom is -0.330 e. The normalized spacial score (nSPS) is 8.50. The second kappa shape index (κ2) is 17.0. The molecule has 0 saturated heterocycles. The molecule has 0 spiro atoms. The van der Waals surface area contributed by atoms with Crippen molar-refractivity contribution in [3.63, 3.8) is 0 Å². The van der Waals surface area contributed by atoms with Crippen LogP contribution in [0.15, 0.2) is 0 Å². The van der Waals surface area contributed by atoms with Gasteiger partial charge in [0, 0.05) is 0 Å².